The van der Waals surface area contributed by atoms with Gasteiger partial charge in [0.25, 0.3) is 5.91 Å². The Kier molecular flexibility index (Phi) is 6.09. The monoisotopic (exact) mass is 349 g/mol. The molecule has 1 aromatic heterocycles. The topological polar surface area (TPSA) is 56.8 Å². The van der Waals surface area contributed by atoms with E-state index in [1.165, 1.54) is 16.2 Å². The highest BCUT2D eigenvalue weighted by molar-refractivity contribution is 7.14. The molecule has 0 saturated heterocycles. The zero-order valence-electron chi connectivity index (χ0n) is 14.7. The molecule has 1 N–H and O–H groups in total. The summed E-state index contributed by atoms with van der Waals surface area (Å²) in [5.74, 6) is 1.75. The van der Waals surface area contributed by atoms with Crippen LogP contribution in [-0.2, 0) is 13.0 Å². The van der Waals surface area contributed by atoms with Gasteiger partial charge < -0.3 is 19.5 Å². The number of benzene rings is 1. The first-order valence-corrected chi connectivity index (χ1v) is 8.52. The van der Waals surface area contributed by atoms with Crippen molar-refractivity contribution < 1.29 is 19.0 Å². The molecule has 0 aliphatic carbocycles. The van der Waals surface area contributed by atoms with Gasteiger partial charge in [-0.3, -0.25) is 4.79 Å². The number of hydrogen-bond donors (Lipinski definition) is 1. The van der Waals surface area contributed by atoms with E-state index in [0.29, 0.717) is 23.8 Å². The lowest BCUT2D eigenvalue weighted by molar-refractivity contribution is 0.0954. The van der Waals surface area contributed by atoms with Crippen molar-refractivity contribution in [2.75, 3.05) is 21.3 Å². The minimum absolute atomic E-state index is 0.0837. The lowest BCUT2D eigenvalue weighted by atomic mass is 10.1. The fraction of sp³-hybridized carbons (Fsp3) is 0.389. The Bertz CT molecular complexity index is 724. The molecule has 1 heterocycles. The molecule has 5 nitrogen and oxygen atoms in total. The first-order chi connectivity index (χ1) is 11.5. The van der Waals surface area contributed by atoms with E-state index < -0.39 is 0 Å². The average Bonchev–Trinajstić information content (AvgIpc) is 2.99. The van der Waals surface area contributed by atoms with Gasteiger partial charge in [0.15, 0.2) is 11.5 Å². The number of nitrogens with one attached hydrogen (secondary N) is 1. The second kappa shape index (κ2) is 8.06. The van der Waals surface area contributed by atoms with Gasteiger partial charge in [-0.15, -0.1) is 11.3 Å². The number of amides is 1. The van der Waals surface area contributed by atoms with Crippen LogP contribution in [0.4, 0.5) is 0 Å². The van der Waals surface area contributed by atoms with E-state index in [9.17, 15) is 4.79 Å². The van der Waals surface area contributed by atoms with Gasteiger partial charge in [0.1, 0.15) is 5.75 Å². The summed E-state index contributed by atoms with van der Waals surface area (Å²) in [6.07, 6.45) is 0.938. The van der Waals surface area contributed by atoms with Crippen molar-refractivity contribution in [3.8, 4) is 17.2 Å². The molecule has 2 aromatic rings. The summed E-state index contributed by atoms with van der Waals surface area (Å²) in [5, 5.41) is 2.94. The summed E-state index contributed by atoms with van der Waals surface area (Å²) in [7, 11) is 4.74. The standard InChI is InChI=1S/C18H23NO4S/c1-6-16-11(2)7-17(24-16)18(20)19-10-12-8-14(22-4)15(23-5)9-13(12)21-3/h7-9H,6,10H2,1-5H3,(H,19,20). The van der Waals surface area contributed by atoms with Gasteiger partial charge in [-0.05, 0) is 31.0 Å². The van der Waals surface area contributed by atoms with E-state index in [1.54, 1.807) is 27.4 Å². The van der Waals surface area contributed by atoms with Crippen molar-refractivity contribution in [3.63, 3.8) is 0 Å². The Hall–Kier alpha value is -2.21. The molecule has 1 aromatic carbocycles. The highest BCUT2D eigenvalue weighted by Crippen LogP contribution is 2.34. The molecule has 0 spiro atoms. The summed E-state index contributed by atoms with van der Waals surface area (Å²) in [4.78, 5) is 14.3. The summed E-state index contributed by atoms with van der Waals surface area (Å²) in [6.45, 7) is 4.47. The predicted molar refractivity (Wildman–Crippen MR) is 95.7 cm³/mol. The zero-order valence-corrected chi connectivity index (χ0v) is 15.5. The molecule has 2 rings (SSSR count). The predicted octanol–water partition coefficient (Wildman–Crippen LogP) is 3.57. The number of thiophene rings is 1. The number of carbonyl (C=O) groups is 1. The fourth-order valence-electron chi connectivity index (χ4n) is 2.48. The molecule has 0 saturated carbocycles. The van der Waals surface area contributed by atoms with E-state index in [2.05, 4.69) is 12.2 Å². The quantitative estimate of drug-likeness (QED) is 0.830. The van der Waals surface area contributed by atoms with Crippen molar-refractivity contribution in [2.24, 2.45) is 0 Å². The first-order valence-electron chi connectivity index (χ1n) is 7.70. The van der Waals surface area contributed by atoms with Gasteiger partial charge >= 0.3 is 0 Å². The largest absolute Gasteiger partial charge is 0.496 e. The van der Waals surface area contributed by atoms with E-state index >= 15 is 0 Å². The molecule has 130 valence electrons. The molecule has 0 atom stereocenters. The normalized spacial score (nSPS) is 10.4. The highest BCUT2D eigenvalue weighted by atomic mass is 32.1. The van der Waals surface area contributed by atoms with Crippen LogP contribution >= 0.6 is 11.3 Å². The van der Waals surface area contributed by atoms with Crippen LogP contribution in [0.5, 0.6) is 17.2 Å². The zero-order chi connectivity index (χ0) is 17.7. The van der Waals surface area contributed by atoms with Gasteiger partial charge in [-0.25, -0.2) is 0 Å². The SMILES string of the molecule is CCc1sc(C(=O)NCc2cc(OC)c(OC)cc2OC)cc1C. The third-order valence-electron chi connectivity index (χ3n) is 3.79. The van der Waals surface area contributed by atoms with Gasteiger partial charge in [0.2, 0.25) is 0 Å². The lowest BCUT2D eigenvalue weighted by Gasteiger charge is -2.14. The van der Waals surface area contributed by atoms with E-state index in [0.717, 1.165) is 22.4 Å². The van der Waals surface area contributed by atoms with Crippen molar-refractivity contribution in [3.05, 3.63) is 39.1 Å². The van der Waals surface area contributed by atoms with Gasteiger partial charge in [-0.1, -0.05) is 6.92 Å². The molecule has 0 bridgehead atoms. The lowest BCUT2D eigenvalue weighted by Crippen LogP contribution is -2.22. The van der Waals surface area contributed by atoms with Crippen LogP contribution in [0, 0.1) is 6.92 Å². The molecule has 24 heavy (non-hydrogen) atoms. The van der Waals surface area contributed by atoms with Crippen molar-refractivity contribution in [1.29, 1.82) is 0 Å². The molecular weight excluding hydrogens is 326 g/mol. The Morgan fingerprint density at radius 1 is 1.04 bits per heavy atom. The third kappa shape index (κ3) is 3.82. The molecule has 6 heteroatoms. The molecule has 0 aliphatic rings. The minimum atomic E-state index is -0.0837. The summed E-state index contributed by atoms with van der Waals surface area (Å²) in [5.41, 5.74) is 1.99. The summed E-state index contributed by atoms with van der Waals surface area (Å²) < 4.78 is 16.0. The smallest absolute Gasteiger partial charge is 0.261 e. The number of methoxy groups -OCH3 is 3. The summed E-state index contributed by atoms with van der Waals surface area (Å²) in [6, 6.07) is 5.50. The van der Waals surface area contributed by atoms with Gasteiger partial charge in [0.05, 0.1) is 26.2 Å². The first kappa shape index (κ1) is 18.1. The highest BCUT2D eigenvalue weighted by Gasteiger charge is 2.15. The Morgan fingerprint density at radius 3 is 2.21 bits per heavy atom. The van der Waals surface area contributed by atoms with E-state index in [-0.39, 0.29) is 5.91 Å². The number of hydrogen-bond acceptors (Lipinski definition) is 5. The molecule has 0 aliphatic heterocycles. The molecule has 1 amide bonds. The van der Waals surface area contributed by atoms with Gasteiger partial charge in [0, 0.05) is 23.1 Å². The van der Waals surface area contributed by atoms with Crippen molar-refractivity contribution >= 4 is 17.2 Å². The van der Waals surface area contributed by atoms with Crippen LogP contribution in [-0.4, -0.2) is 27.2 Å². The third-order valence-corrected chi connectivity index (χ3v) is 5.17. The van der Waals surface area contributed by atoms with E-state index in [4.69, 9.17) is 14.2 Å². The maximum Gasteiger partial charge on any atom is 0.261 e. The second-order valence-electron chi connectivity index (χ2n) is 5.27. The molecular formula is C18H23NO4S. The van der Waals surface area contributed by atoms with Crippen LogP contribution in [0.25, 0.3) is 0 Å². The fourth-order valence-corrected chi connectivity index (χ4v) is 3.51. The van der Waals surface area contributed by atoms with Crippen LogP contribution in [0.15, 0.2) is 18.2 Å². The van der Waals surface area contributed by atoms with Gasteiger partial charge in [-0.2, -0.15) is 0 Å². The van der Waals surface area contributed by atoms with Crippen LogP contribution in [0.2, 0.25) is 0 Å². The van der Waals surface area contributed by atoms with Crippen LogP contribution in [0.1, 0.15) is 32.6 Å². The van der Waals surface area contributed by atoms with Crippen molar-refractivity contribution in [1.82, 2.24) is 5.32 Å². The van der Waals surface area contributed by atoms with Crippen LogP contribution in [0.3, 0.4) is 0 Å². The molecule has 0 radical (unpaired) electrons. The minimum Gasteiger partial charge on any atom is -0.496 e. The maximum atomic E-state index is 12.4. The van der Waals surface area contributed by atoms with E-state index in [1.807, 2.05) is 19.1 Å². The van der Waals surface area contributed by atoms with Crippen LogP contribution < -0.4 is 19.5 Å². The maximum absolute atomic E-state index is 12.4. The number of aryl methyl sites for hydroxylation is 2. The summed E-state index contributed by atoms with van der Waals surface area (Å²) >= 11 is 1.54. The van der Waals surface area contributed by atoms with Crippen molar-refractivity contribution in [2.45, 2.75) is 26.8 Å². The molecule has 0 unspecified atom stereocenters. The molecule has 0 fully saturated rings. The number of carbonyl (C=O) groups excluding carboxylic acids is 1. The number of ether oxygens (including phenoxy) is 3. The Labute approximate surface area is 146 Å². The Morgan fingerprint density at radius 2 is 1.67 bits per heavy atom. The second-order valence-corrected chi connectivity index (χ2v) is 6.41. The number of rotatable bonds is 7. The average molecular weight is 349 g/mol. The Balaban J connectivity index is 2.16.